The van der Waals surface area contributed by atoms with E-state index >= 15 is 0 Å². The maximum Gasteiger partial charge on any atom is 0.226 e. The number of nitrogens with one attached hydrogen (secondary N) is 1. The molecule has 21 heavy (non-hydrogen) atoms. The molecule has 1 aromatic heterocycles. The molecule has 4 heteroatoms. The number of hydrogen-bond acceptors (Lipinski definition) is 2. The Hall–Kier alpha value is -2.36. The van der Waals surface area contributed by atoms with Crippen LogP contribution in [0.4, 0.5) is 5.69 Å². The highest BCUT2D eigenvalue weighted by atomic mass is 16.1. The van der Waals surface area contributed by atoms with Crippen molar-refractivity contribution in [2.45, 2.75) is 33.7 Å². The van der Waals surface area contributed by atoms with Crippen LogP contribution in [0.5, 0.6) is 0 Å². The number of aryl methyl sites for hydroxylation is 2. The molecule has 0 spiro atoms. The molecule has 110 valence electrons. The second-order valence-electron chi connectivity index (χ2n) is 5.20. The highest BCUT2D eigenvalue weighted by Crippen LogP contribution is 2.12. The van der Waals surface area contributed by atoms with E-state index in [4.69, 9.17) is 0 Å². The lowest BCUT2D eigenvalue weighted by Gasteiger charge is -2.10. The molecule has 0 radical (unpaired) electrons. The number of Topliss-reactive ketones (excluding diaryl/α,β-unsaturated/α-hetero) is 1. The van der Waals surface area contributed by atoms with Crippen LogP contribution >= 0.6 is 0 Å². The first-order chi connectivity index (χ1) is 9.97. The van der Waals surface area contributed by atoms with Gasteiger partial charge < -0.3 is 9.88 Å². The Morgan fingerprint density at radius 2 is 1.76 bits per heavy atom. The minimum atomic E-state index is -0.0526. The number of amides is 1. The van der Waals surface area contributed by atoms with E-state index in [2.05, 4.69) is 9.88 Å². The maximum absolute atomic E-state index is 12.0. The number of carbonyl (C=O) groups excluding carboxylic acids is 2. The summed E-state index contributed by atoms with van der Waals surface area (Å²) in [6, 6.07) is 11.1. The molecular formula is C17H20N2O2. The standard InChI is InChI=1S/C17H20N2O2/c1-12-7-8-13(2)19(12)10-9-17(21)18-16-6-4-5-15(11-16)14(3)20/h4-8,11H,9-10H2,1-3H3,(H,18,21). The number of nitrogens with zero attached hydrogens (tertiary/aromatic N) is 1. The first-order valence-corrected chi connectivity index (χ1v) is 7.01. The number of benzene rings is 1. The van der Waals surface area contributed by atoms with E-state index in [0.29, 0.717) is 24.2 Å². The Balaban J connectivity index is 1.96. The third-order valence-electron chi connectivity index (χ3n) is 3.53. The van der Waals surface area contributed by atoms with Gasteiger partial charge >= 0.3 is 0 Å². The van der Waals surface area contributed by atoms with E-state index in [1.54, 1.807) is 24.3 Å². The number of rotatable bonds is 5. The molecule has 0 atom stereocenters. The summed E-state index contributed by atoms with van der Waals surface area (Å²) in [6.45, 7) is 6.23. The third kappa shape index (κ3) is 3.81. The molecule has 0 aliphatic carbocycles. The summed E-state index contributed by atoms with van der Waals surface area (Å²) in [4.78, 5) is 23.3. The lowest BCUT2D eigenvalue weighted by molar-refractivity contribution is -0.116. The van der Waals surface area contributed by atoms with Crippen LogP contribution in [0.2, 0.25) is 0 Å². The van der Waals surface area contributed by atoms with Crippen LogP contribution in [0.1, 0.15) is 35.1 Å². The van der Waals surface area contributed by atoms with Gasteiger partial charge in [-0.3, -0.25) is 9.59 Å². The van der Waals surface area contributed by atoms with E-state index in [1.807, 2.05) is 26.0 Å². The fourth-order valence-electron chi connectivity index (χ4n) is 2.30. The molecule has 0 fully saturated rings. The second kappa shape index (κ2) is 6.39. The molecule has 0 saturated carbocycles. The molecule has 2 aromatic rings. The topological polar surface area (TPSA) is 51.1 Å². The largest absolute Gasteiger partial charge is 0.349 e. The van der Waals surface area contributed by atoms with Crippen LogP contribution in [0, 0.1) is 13.8 Å². The van der Waals surface area contributed by atoms with Crippen LogP contribution in [-0.4, -0.2) is 16.3 Å². The van der Waals surface area contributed by atoms with E-state index in [1.165, 1.54) is 6.92 Å². The lowest BCUT2D eigenvalue weighted by Crippen LogP contribution is -2.15. The molecule has 4 nitrogen and oxygen atoms in total. The van der Waals surface area contributed by atoms with E-state index in [-0.39, 0.29) is 11.7 Å². The fraction of sp³-hybridized carbons (Fsp3) is 0.294. The molecule has 0 bridgehead atoms. The van der Waals surface area contributed by atoms with E-state index in [9.17, 15) is 9.59 Å². The summed E-state index contributed by atoms with van der Waals surface area (Å²) in [5.41, 5.74) is 3.57. The van der Waals surface area contributed by atoms with Crippen LogP contribution in [0.25, 0.3) is 0 Å². The molecular weight excluding hydrogens is 264 g/mol. The van der Waals surface area contributed by atoms with Gasteiger partial charge in [-0.05, 0) is 45.0 Å². The van der Waals surface area contributed by atoms with E-state index < -0.39 is 0 Å². The van der Waals surface area contributed by atoms with Crippen molar-refractivity contribution in [3.63, 3.8) is 0 Å². The normalized spacial score (nSPS) is 10.4. The molecule has 1 N–H and O–H groups in total. The van der Waals surface area contributed by atoms with Gasteiger partial charge in [0.25, 0.3) is 0 Å². The predicted molar refractivity (Wildman–Crippen MR) is 83.6 cm³/mol. The maximum atomic E-state index is 12.0. The molecule has 0 saturated heterocycles. The number of anilines is 1. The molecule has 0 aliphatic rings. The average molecular weight is 284 g/mol. The van der Waals surface area contributed by atoms with Crippen molar-refractivity contribution < 1.29 is 9.59 Å². The van der Waals surface area contributed by atoms with Crippen LogP contribution in [-0.2, 0) is 11.3 Å². The van der Waals surface area contributed by atoms with Gasteiger partial charge in [0.15, 0.2) is 5.78 Å². The summed E-state index contributed by atoms with van der Waals surface area (Å²) >= 11 is 0. The van der Waals surface area contributed by atoms with Gasteiger partial charge in [-0.25, -0.2) is 0 Å². The Morgan fingerprint density at radius 3 is 2.38 bits per heavy atom. The molecule has 2 rings (SSSR count). The highest BCUT2D eigenvalue weighted by Gasteiger charge is 2.07. The van der Waals surface area contributed by atoms with Crippen molar-refractivity contribution in [3.8, 4) is 0 Å². The first kappa shape index (κ1) is 15.0. The summed E-state index contributed by atoms with van der Waals surface area (Å²) in [5, 5.41) is 2.83. The summed E-state index contributed by atoms with van der Waals surface area (Å²) in [6.07, 6.45) is 0.403. The SMILES string of the molecule is CC(=O)c1cccc(NC(=O)CCn2c(C)ccc2C)c1. The molecule has 1 amide bonds. The van der Waals surface area contributed by atoms with Crippen LogP contribution < -0.4 is 5.32 Å². The summed E-state index contributed by atoms with van der Waals surface area (Å²) in [5.74, 6) is -0.0621. The van der Waals surface area contributed by atoms with Crippen molar-refractivity contribution in [1.82, 2.24) is 4.57 Å². The van der Waals surface area contributed by atoms with Gasteiger partial charge in [-0.1, -0.05) is 12.1 Å². The van der Waals surface area contributed by atoms with Gasteiger partial charge in [-0.15, -0.1) is 0 Å². The number of carbonyl (C=O) groups is 2. The zero-order valence-corrected chi connectivity index (χ0v) is 12.6. The van der Waals surface area contributed by atoms with Gasteiger partial charge in [0, 0.05) is 35.6 Å². The molecule has 1 heterocycles. The lowest BCUT2D eigenvalue weighted by atomic mass is 10.1. The Bertz CT molecular complexity index is 652. The zero-order valence-electron chi connectivity index (χ0n) is 12.6. The smallest absolute Gasteiger partial charge is 0.226 e. The van der Waals surface area contributed by atoms with Crippen molar-refractivity contribution >= 4 is 17.4 Å². The first-order valence-electron chi connectivity index (χ1n) is 7.01. The van der Waals surface area contributed by atoms with Crippen molar-refractivity contribution in [2.24, 2.45) is 0 Å². The van der Waals surface area contributed by atoms with E-state index in [0.717, 1.165) is 11.4 Å². The molecule has 1 aromatic carbocycles. The van der Waals surface area contributed by atoms with Crippen molar-refractivity contribution in [3.05, 3.63) is 53.3 Å². The van der Waals surface area contributed by atoms with Gasteiger partial charge in [0.05, 0.1) is 0 Å². The third-order valence-corrected chi connectivity index (χ3v) is 3.53. The van der Waals surface area contributed by atoms with Crippen molar-refractivity contribution in [1.29, 1.82) is 0 Å². The fourth-order valence-corrected chi connectivity index (χ4v) is 2.30. The minimum Gasteiger partial charge on any atom is -0.349 e. The number of aromatic nitrogens is 1. The highest BCUT2D eigenvalue weighted by molar-refractivity contribution is 5.97. The number of hydrogen-bond donors (Lipinski definition) is 1. The van der Waals surface area contributed by atoms with Crippen LogP contribution in [0.15, 0.2) is 36.4 Å². The predicted octanol–water partition coefficient (Wildman–Crippen LogP) is 3.34. The van der Waals surface area contributed by atoms with Crippen LogP contribution in [0.3, 0.4) is 0 Å². The average Bonchev–Trinajstić information content (AvgIpc) is 2.76. The minimum absolute atomic E-state index is 0.00955. The molecule has 0 unspecified atom stereocenters. The molecule has 0 aliphatic heterocycles. The Morgan fingerprint density at radius 1 is 1.10 bits per heavy atom. The number of ketones is 1. The monoisotopic (exact) mass is 284 g/mol. The van der Waals surface area contributed by atoms with Gasteiger partial charge in [-0.2, -0.15) is 0 Å². The Kier molecular flexibility index (Phi) is 4.58. The quantitative estimate of drug-likeness (QED) is 0.856. The second-order valence-corrected chi connectivity index (χ2v) is 5.20. The zero-order chi connectivity index (χ0) is 15.4. The summed E-state index contributed by atoms with van der Waals surface area (Å²) < 4.78 is 2.12. The van der Waals surface area contributed by atoms with Crippen molar-refractivity contribution in [2.75, 3.05) is 5.32 Å². The Labute approximate surface area is 124 Å². The summed E-state index contributed by atoms with van der Waals surface area (Å²) in [7, 11) is 0. The van der Waals surface area contributed by atoms with Gasteiger partial charge in [0.1, 0.15) is 0 Å². The van der Waals surface area contributed by atoms with Gasteiger partial charge in [0.2, 0.25) is 5.91 Å².